The molecule has 2 aromatic rings. The summed E-state index contributed by atoms with van der Waals surface area (Å²) in [6.45, 7) is 20.5. The first kappa shape index (κ1) is 22.2. The highest BCUT2D eigenvalue weighted by atomic mass is 16.5. The van der Waals surface area contributed by atoms with Crippen molar-refractivity contribution in [2.75, 3.05) is 0 Å². The maximum absolute atomic E-state index is 11.4. The van der Waals surface area contributed by atoms with E-state index < -0.39 is 0 Å². The molecule has 2 rings (SSSR count). The lowest BCUT2D eigenvalue weighted by Crippen LogP contribution is -2.23. The molecular formula is C26H36O2. The molecule has 0 aromatic heterocycles. The predicted octanol–water partition coefficient (Wildman–Crippen LogP) is 6.97. The smallest absolute Gasteiger partial charge is 0.150 e. The van der Waals surface area contributed by atoms with E-state index in [-0.39, 0.29) is 16.2 Å². The standard InChI is InChI=1S/C26H36O2/c1-24(2,3)20-14-21(25(4,5)6)23(22(15-20)26(7,8)9)28-17-19-13-11-10-12-18(19)16-27/h10-16H,17H2,1-9H3. The molecule has 0 aliphatic rings. The molecule has 0 spiro atoms. The van der Waals surface area contributed by atoms with Gasteiger partial charge in [0.05, 0.1) is 0 Å². The molecule has 152 valence electrons. The van der Waals surface area contributed by atoms with Gasteiger partial charge < -0.3 is 4.74 Å². The molecule has 0 atom stereocenters. The summed E-state index contributed by atoms with van der Waals surface area (Å²) < 4.78 is 6.46. The van der Waals surface area contributed by atoms with Crippen molar-refractivity contribution in [3.63, 3.8) is 0 Å². The third-order valence-electron chi connectivity index (χ3n) is 5.13. The zero-order valence-electron chi connectivity index (χ0n) is 19.1. The summed E-state index contributed by atoms with van der Waals surface area (Å²) >= 11 is 0. The normalized spacial score (nSPS) is 12.8. The van der Waals surface area contributed by atoms with Gasteiger partial charge in [0, 0.05) is 16.7 Å². The highest BCUT2D eigenvalue weighted by molar-refractivity contribution is 5.77. The Morgan fingerprint density at radius 2 is 1.29 bits per heavy atom. The van der Waals surface area contributed by atoms with Crippen LogP contribution in [0, 0.1) is 0 Å². The van der Waals surface area contributed by atoms with Crippen molar-refractivity contribution in [3.8, 4) is 5.75 Å². The van der Waals surface area contributed by atoms with Crippen molar-refractivity contribution in [1.29, 1.82) is 0 Å². The van der Waals surface area contributed by atoms with Crippen LogP contribution in [0.4, 0.5) is 0 Å². The Kier molecular flexibility index (Phi) is 6.13. The second-order valence-corrected chi connectivity index (χ2v) is 10.8. The van der Waals surface area contributed by atoms with E-state index >= 15 is 0 Å². The number of hydrogen-bond donors (Lipinski definition) is 0. The van der Waals surface area contributed by atoms with Crippen LogP contribution in [0.2, 0.25) is 0 Å². The topological polar surface area (TPSA) is 26.3 Å². The summed E-state index contributed by atoms with van der Waals surface area (Å²) in [7, 11) is 0. The van der Waals surface area contributed by atoms with Crippen LogP contribution >= 0.6 is 0 Å². The lowest BCUT2D eigenvalue weighted by molar-refractivity contribution is 0.112. The zero-order chi connectivity index (χ0) is 21.3. The first-order chi connectivity index (χ1) is 12.7. The number of ether oxygens (including phenoxy) is 1. The van der Waals surface area contributed by atoms with E-state index in [1.165, 1.54) is 16.7 Å². The van der Waals surface area contributed by atoms with Crippen molar-refractivity contribution < 1.29 is 9.53 Å². The molecule has 0 saturated heterocycles. The van der Waals surface area contributed by atoms with Gasteiger partial charge >= 0.3 is 0 Å². The van der Waals surface area contributed by atoms with Crippen molar-refractivity contribution in [3.05, 3.63) is 64.2 Å². The van der Waals surface area contributed by atoms with Gasteiger partial charge in [0.25, 0.3) is 0 Å². The Balaban J connectivity index is 2.64. The van der Waals surface area contributed by atoms with Gasteiger partial charge in [0.15, 0.2) is 0 Å². The van der Waals surface area contributed by atoms with Crippen LogP contribution in [0.1, 0.15) is 94.9 Å². The van der Waals surface area contributed by atoms with E-state index in [1.54, 1.807) is 0 Å². The van der Waals surface area contributed by atoms with Crippen molar-refractivity contribution >= 4 is 6.29 Å². The monoisotopic (exact) mass is 380 g/mol. The summed E-state index contributed by atoms with van der Waals surface area (Å²) in [6.07, 6.45) is 0.900. The zero-order valence-corrected chi connectivity index (χ0v) is 19.1. The Morgan fingerprint density at radius 1 is 0.786 bits per heavy atom. The molecule has 0 N–H and O–H groups in total. The second kappa shape index (κ2) is 7.73. The highest BCUT2D eigenvalue weighted by Gasteiger charge is 2.30. The third kappa shape index (κ3) is 5.04. The van der Waals surface area contributed by atoms with E-state index in [9.17, 15) is 4.79 Å². The minimum Gasteiger partial charge on any atom is -0.488 e. The molecule has 0 amide bonds. The molecule has 0 aliphatic carbocycles. The molecule has 0 bridgehead atoms. The lowest BCUT2D eigenvalue weighted by atomic mass is 9.74. The minimum atomic E-state index is -0.0548. The summed E-state index contributed by atoms with van der Waals surface area (Å²) in [5, 5.41) is 0. The Hall–Kier alpha value is -2.09. The Labute approximate surface area is 171 Å². The number of benzene rings is 2. The third-order valence-corrected chi connectivity index (χ3v) is 5.13. The summed E-state index contributed by atoms with van der Waals surface area (Å²) in [4.78, 5) is 11.4. The fourth-order valence-electron chi connectivity index (χ4n) is 3.26. The summed E-state index contributed by atoms with van der Waals surface area (Å²) in [6, 6.07) is 12.2. The minimum absolute atomic E-state index is 0.0548. The quantitative estimate of drug-likeness (QED) is 0.535. The average Bonchev–Trinajstić information content (AvgIpc) is 2.57. The number of hydrogen-bond acceptors (Lipinski definition) is 2. The number of rotatable bonds is 4. The van der Waals surface area contributed by atoms with Gasteiger partial charge in [-0.25, -0.2) is 0 Å². The van der Waals surface area contributed by atoms with Gasteiger partial charge in [-0.15, -0.1) is 0 Å². The van der Waals surface area contributed by atoms with Gasteiger partial charge in [-0.05, 0) is 27.4 Å². The molecule has 0 aliphatic heterocycles. The first-order valence-electron chi connectivity index (χ1n) is 10.1. The molecule has 2 nitrogen and oxygen atoms in total. The van der Waals surface area contributed by atoms with E-state index in [2.05, 4.69) is 74.4 Å². The van der Waals surface area contributed by atoms with Gasteiger partial charge in [-0.1, -0.05) is 98.7 Å². The second-order valence-electron chi connectivity index (χ2n) is 10.8. The van der Waals surface area contributed by atoms with Crippen LogP contribution in [0.15, 0.2) is 36.4 Å². The average molecular weight is 381 g/mol. The van der Waals surface area contributed by atoms with Crippen LogP contribution in [0.25, 0.3) is 0 Å². The van der Waals surface area contributed by atoms with Crippen molar-refractivity contribution in [1.82, 2.24) is 0 Å². The molecule has 2 heteroatoms. The molecule has 0 fully saturated rings. The maximum Gasteiger partial charge on any atom is 0.150 e. The SMILES string of the molecule is CC(C)(C)c1cc(C(C)(C)C)c(OCc2ccccc2C=O)c(C(C)(C)C)c1. The number of aldehydes is 1. The predicted molar refractivity (Wildman–Crippen MR) is 119 cm³/mol. The highest BCUT2D eigenvalue weighted by Crippen LogP contribution is 2.43. The molecule has 0 radical (unpaired) electrons. The van der Waals surface area contributed by atoms with Gasteiger partial charge in [0.2, 0.25) is 0 Å². The maximum atomic E-state index is 11.4. The van der Waals surface area contributed by atoms with Gasteiger partial charge in [-0.3, -0.25) is 4.79 Å². The van der Waals surface area contributed by atoms with Crippen molar-refractivity contribution in [2.24, 2.45) is 0 Å². The molecular weight excluding hydrogens is 344 g/mol. The van der Waals surface area contributed by atoms with Crippen LogP contribution < -0.4 is 4.74 Å². The molecule has 28 heavy (non-hydrogen) atoms. The van der Waals surface area contributed by atoms with Gasteiger partial charge in [0.1, 0.15) is 18.6 Å². The van der Waals surface area contributed by atoms with E-state index in [0.717, 1.165) is 17.6 Å². The Morgan fingerprint density at radius 3 is 1.71 bits per heavy atom. The molecule has 0 unspecified atom stereocenters. The van der Waals surface area contributed by atoms with Crippen LogP contribution in [0.5, 0.6) is 5.75 Å². The van der Waals surface area contributed by atoms with Gasteiger partial charge in [-0.2, -0.15) is 0 Å². The molecule has 0 heterocycles. The lowest BCUT2D eigenvalue weighted by Gasteiger charge is -2.33. The van der Waals surface area contributed by atoms with E-state index in [1.807, 2.05) is 24.3 Å². The van der Waals surface area contributed by atoms with E-state index in [4.69, 9.17) is 4.74 Å². The number of carbonyl (C=O) groups excluding carboxylic acids is 1. The fourth-order valence-corrected chi connectivity index (χ4v) is 3.26. The van der Waals surface area contributed by atoms with Crippen LogP contribution in [-0.2, 0) is 22.9 Å². The number of carbonyl (C=O) groups is 1. The fraction of sp³-hybridized carbons (Fsp3) is 0.500. The Bertz CT molecular complexity index is 805. The molecule has 0 saturated carbocycles. The van der Waals surface area contributed by atoms with Crippen LogP contribution in [-0.4, -0.2) is 6.29 Å². The summed E-state index contributed by atoms with van der Waals surface area (Å²) in [5.41, 5.74) is 5.30. The first-order valence-corrected chi connectivity index (χ1v) is 10.1. The largest absolute Gasteiger partial charge is 0.488 e. The van der Waals surface area contributed by atoms with E-state index in [0.29, 0.717) is 12.2 Å². The summed E-state index contributed by atoms with van der Waals surface area (Å²) in [5.74, 6) is 0.953. The molecule has 2 aromatic carbocycles. The van der Waals surface area contributed by atoms with Crippen molar-refractivity contribution in [2.45, 2.75) is 85.2 Å². The van der Waals surface area contributed by atoms with Crippen LogP contribution in [0.3, 0.4) is 0 Å².